The number of piperazine rings is 3. The molecule has 10 rings (SSSR count). The first kappa shape index (κ1) is 55.6. The van der Waals surface area contributed by atoms with Crippen molar-refractivity contribution in [3.05, 3.63) is 182 Å². The summed E-state index contributed by atoms with van der Waals surface area (Å²) in [6, 6.07) is 42.5. The van der Waals surface area contributed by atoms with Gasteiger partial charge in [0, 0.05) is 127 Å². The van der Waals surface area contributed by atoms with Crippen molar-refractivity contribution in [3.63, 3.8) is 0 Å². The van der Waals surface area contributed by atoms with Crippen LogP contribution >= 0.6 is 0 Å². The fourth-order valence-corrected chi connectivity index (χ4v) is 12.8. The van der Waals surface area contributed by atoms with Gasteiger partial charge in [0.2, 0.25) is 0 Å². The third-order valence-electron chi connectivity index (χ3n) is 17.5. The zero-order chi connectivity index (χ0) is 55.9. The van der Waals surface area contributed by atoms with Crippen LogP contribution in [0.5, 0.6) is 0 Å². The Balaban J connectivity index is 0.719. The number of piperidine rings is 1. The lowest BCUT2D eigenvalue weighted by Crippen LogP contribution is -2.54. The largest absolute Gasteiger partial charge is 0.370 e. The number of aromatic nitrogens is 1. The Morgan fingerprint density at radius 3 is 1.93 bits per heavy atom. The van der Waals surface area contributed by atoms with Crippen LogP contribution in [-0.2, 0) is 25.8 Å². The number of nitrogens with zero attached hydrogens (tertiary/aromatic N) is 10. The predicted octanol–water partition coefficient (Wildman–Crippen LogP) is 9.64. The smallest absolute Gasteiger partial charge is 0.254 e. The van der Waals surface area contributed by atoms with E-state index in [1.807, 2.05) is 29.2 Å². The molecule has 5 aromatic carbocycles. The van der Waals surface area contributed by atoms with Gasteiger partial charge in [0.25, 0.3) is 11.8 Å². The van der Waals surface area contributed by atoms with Gasteiger partial charge in [-0.3, -0.25) is 14.5 Å². The Labute approximate surface area is 474 Å². The number of benzene rings is 5. The van der Waals surface area contributed by atoms with Crippen molar-refractivity contribution in [1.82, 2.24) is 19.7 Å². The molecule has 13 heteroatoms. The summed E-state index contributed by atoms with van der Waals surface area (Å²) in [5.74, 6) is 1.65. The van der Waals surface area contributed by atoms with Crippen LogP contribution in [0.4, 0.5) is 22.9 Å². The number of pyridine rings is 1. The molecule has 13 nitrogen and oxygen atoms in total. The third kappa shape index (κ3) is 12.5. The molecule has 0 bridgehead atoms. The van der Waals surface area contributed by atoms with Crippen LogP contribution < -0.4 is 25.3 Å². The third-order valence-corrected chi connectivity index (χ3v) is 17.5. The summed E-state index contributed by atoms with van der Waals surface area (Å²) in [6.07, 6.45) is 5.61. The summed E-state index contributed by atoms with van der Waals surface area (Å²) in [4.78, 5) is 49.6. The maximum absolute atomic E-state index is 14.3. The van der Waals surface area contributed by atoms with E-state index in [0.717, 1.165) is 147 Å². The van der Waals surface area contributed by atoms with Gasteiger partial charge in [0.1, 0.15) is 18.0 Å². The highest BCUT2D eigenvalue weighted by Gasteiger charge is 2.32. The van der Waals surface area contributed by atoms with E-state index in [4.69, 9.17) is 10.7 Å². The number of aryl methyl sites for hydroxylation is 5. The van der Waals surface area contributed by atoms with Crippen LogP contribution in [0.15, 0.2) is 109 Å². The number of carbonyl (C=O) groups is 2. The normalized spacial score (nSPS) is 17.4. The van der Waals surface area contributed by atoms with Gasteiger partial charge in [0.05, 0.1) is 22.5 Å². The van der Waals surface area contributed by atoms with E-state index in [1.54, 1.807) is 0 Å². The summed E-state index contributed by atoms with van der Waals surface area (Å²) in [6.45, 7) is 22.1. The highest BCUT2D eigenvalue weighted by atomic mass is 16.2. The van der Waals surface area contributed by atoms with Crippen molar-refractivity contribution in [3.8, 4) is 12.1 Å². The van der Waals surface area contributed by atoms with E-state index < -0.39 is 0 Å². The molecule has 5 heterocycles. The van der Waals surface area contributed by atoms with Crippen LogP contribution in [0.1, 0.15) is 108 Å². The average Bonchev–Trinajstić information content (AvgIpc) is 3.51. The summed E-state index contributed by atoms with van der Waals surface area (Å²) in [5, 5.41) is 19.9. The maximum atomic E-state index is 14.3. The summed E-state index contributed by atoms with van der Waals surface area (Å²) < 4.78 is 0. The first-order valence-electron chi connectivity index (χ1n) is 29.2. The van der Waals surface area contributed by atoms with Gasteiger partial charge < -0.3 is 35.1 Å². The topological polar surface area (TPSA) is 143 Å². The van der Waals surface area contributed by atoms with Crippen LogP contribution in [0, 0.1) is 56.3 Å². The van der Waals surface area contributed by atoms with Gasteiger partial charge in [-0.05, 0) is 178 Å². The zero-order valence-electron chi connectivity index (χ0n) is 47.8. The molecular weight excluding hydrogens is 991 g/mol. The van der Waals surface area contributed by atoms with Crippen molar-refractivity contribution in [2.45, 2.75) is 85.7 Å². The van der Waals surface area contributed by atoms with E-state index in [1.165, 1.54) is 33.5 Å². The molecule has 414 valence electrons. The molecule has 2 amide bonds. The number of rotatable bonds is 15. The van der Waals surface area contributed by atoms with Gasteiger partial charge in [-0.2, -0.15) is 10.5 Å². The molecule has 0 aliphatic carbocycles. The van der Waals surface area contributed by atoms with Crippen LogP contribution in [0.25, 0.3) is 0 Å². The standard InChI is InChI=1S/C67H79N11O2/c1-47-36-49(3)60(41-57(47)38-52-21-24-73(25-22-52)63-17-9-7-13-55(63)43-69)66(79)76-32-30-75(31-33-76)65-18-10-15-59(71-65)39-53-19-20-56(44-70)64(40-53)74-28-26-72(27-29-74)46-58-42-61(50(4)37-48(58)2)67(80)78-35-34-77(45-51(78)5)62-16-8-6-12-54(62)14-11-23-68/h6-10,12-13,15-20,36-37,40-42,51-52H,11,14,21-35,38-39,45-46,68H2,1-5H3/t51-/m0/s1. The van der Waals surface area contributed by atoms with Gasteiger partial charge in [-0.15, -0.1) is 0 Å². The molecule has 4 aliphatic rings. The highest BCUT2D eigenvalue weighted by Crippen LogP contribution is 2.32. The minimum atomic E-state index is 0.0692. The number of hydrogen-bond donors (Lipinski definition) is 1. The Hall–Kier alpha value is -7.71. The molecule has 2 N–H and O–H groups in total. The van der Waals surface area contributed by atoms with Crippen molar-refractivity contribution in [1.29, 1.82) is 10.5 Å². The second-order valence-corrected chi connectivity index (χ2v) is 22.9. The van der Waals surface area contributed by atoms with Gasteiger partial charge >= 0.3 is 0 Å². The maximum Gasteiger partial charge on any atom is 0.254 e. The van der Waals surface area contributed by atoms with E-state index >= 15 is 0 Å². The molecule has 0 unspecified atom stereocenters. The number of para-hydroxylation sites is 2. The lowest BCUT2D eigenvalue weighted by atomic mass is 9.86. The fraction of sp³-hybridized carbons (Fsp3) is 0.418. The van der Waals surface area contributed by atoms with E-state index in [0.29, 0.717) is 57.2 Å². The van der Waals surface area contributed by atoms with Crippen molar-refractivity contribution < 1.29 is 9.59 Å². The molecular formula is C67H79N11O2. The molecule has 0 saturated carbocycles. The van der Waals surface area contributed by atoms with Crippen LogP contribution in [0.2, 0.25) is 0 Å². The molecule has 6 aromatic rings. The van der Waals surface area contributed by atoms with Crippen molar-refractivity contribution >= 4 is 34.7 Å². The minimum absolute atomic E-state index is 0.0692. The molecule has 4 saturated heterocycles. The summed E-state index contributed by atoms with van der Waals surface area (Å²) >= 11 is 0. The first-order valence-corrected chi connectivity index (χ1v) is 29.2. The fourth-order valence-electron chi connectivity index (χ4n) is 12.8. The van der Waals surface area contributed by atoms with Crippen LogP contribution in [0.3, 0.4) is 0 Å². The Bertz CT molecular complexity index is 3280. The lowest BCUT2D eigenvalue weighted by Gasteiger charge is -2.42. The Morgan fingerprint density at radius 1 is 0.588 bits per heavy atom. The van der Waals surface area contributed by atoms with E-state index in [2.05, 4.69) is 161 Å². The zero-order valence-corrected chi connectivity index (χ0v) is 47.8. The molecule has 4 aliphatic heterocycles. The van der Waals surface area contributed by atoms with Crippen molar-refractivity contribution in [2.24, 2.45) is 11.7 Å². The second kappa shape index (κ2) is 25.2. The number of anilines is 4. The van der Waals surface area contributed by atoms with E-state index in [9.17, 15) is 20.1 Å². The number of hydrogen-bond acceptors (Lipinski definition) is 11. The number of amides is 2. The predicted molar refractivity (Wildman–Crippen MR) is 322 cm³/mol. The minimum Gasteiger partial charge on any atom is -0.370 e. The average molecular weight is 1070 g/mol. The van der Waals surface area contributed by atoms with Crippen LogP contribution in [-0.4, -0.2) is 129 Å². The molecule has 80 heavy (non-hydrogen) atoms. The quantitative estimate of drug-likeness (QED) is 0.105. The Kier molecular flexibility index (Phi) is 17.5. The number of nitriles is 2. The molecule has 0 radical (unpaired) electrons. The van der Waals surface area contributed by atoms with E-state index in [-0.39, 0.29) is 17.9 Å². The monoisotopic (exact) mass is 1070 g/mol. The van der Waals surface area contributed by atoms with Crippen molar-refractivity contribution in [2.75, 3.05) is 111 Å². The lowest BCUT2D eigenvalue weighted by molar-refractivity contribution is 0.0672. The molecule has 0 spiro atoms. The number of carbonyl (C=O) groups excluding carboxylic acids is 2. The van der Waals surface area contributed by atoms with Gasteiger partial charge in [0.15, 0.2) is 0 Å². The van der Waals surface area contributed by atoms with Gasteiger partial charge in [-0.25, -0.2) is 4.98 Å². The molecule has 4 fully saturated rings. The molecule has 1 aromatic heterocycles. The summed E-state index contributed by atoms with van der Waals surface area (Å²) in [5.41, 5.74) is 22.4. The van der Waals surface area contributed by atoms with Gasteiger partial charge in [-0.1, -0.05) is 54.6 Å². The SMILES string of the molecule is Cc1cc(C)c(C(=O)N2CCN(c3cccc(Cc4ccc(C#N)c(N5CCN(Cc6cc(C(=O)N7CCN(c8ccccc8CCCN)C[C@@H]7C)c(C)cc6C)CC5)c4)n3)CC2)cc1CC1CCN(c2ccccc2C#N)CC1. The second-order valence-electron chi connectivity index (χ2n) is 22.9. The highest BCUT2D eigenvalue weighted by molar-refractivity contribution is 5.97. The summed E-state index contributed by atoms with van der Waals surface area (Å²) in [7, 11) is 0. The number of nitrogens with two attached hydrogens (primary N) is 1. The molecule has 1 atom stereocenters. The first-order chi connectivity index (χ1) is 38.9. The Morgan fingerprint density at radius 2 is 1.21 bits per heavy atom.